The largest absolute Gasteiger partial charge is 0.457 e. The lowest BCUT2D eigenvalue weighted by Crippen LogP contribution is -2.08. The van der Waals surface area contributed by atoms with E-state index in [0.29, 0.717) is 3.57 Å². The predicted octanol–water partition coefficient (Wildman–Crippen LogP) is 4.32. The summed E-state index contributed by atoms with van der Waals surface area (Å²) in [4.78, 5) is 22.2. The molecule has 0 heterocycles. The van der Waals surface area contributed by atoms with Crippen LogP contribution in [-0.4, -0.2) is 10.9 Å². The van der Waals surface area contributed by atoms with Gasteiger partial charge in [-0.3, -0.25) is 10.1 Å². The quantitative estimate of drug-likeness (QED) is 0.294. The first kappa shape index (κ1) is 15.9. The molecular formula is C14H9BrINO4. The third-order valence-electron chi connectivity index (χ3n) is 2.64. The summed E-state index contributed by atoms with van der Waals surface area (Å²) in [6.07, 6.45) is 0. The second kappa shape index (κ2) is 6.99. The van der Waals surface area contributed by atoms with Crippen molar-refractivity contribution in [1.82, 2.24) is 0 Å². The van der Waals surface area contributed by atoms with Crippen LogP contribution in [0.3, 0.4) is 0 Å². The molecule has 21 heavy (non-hydrogen) atoms. The van der Waals surface area contributed by atoms with Gasteiger partial charge in [-0.1, -0.05) is 28.1 Å². The Balaban J connectivity index is 2.13. The number of hydrogen-bond donors (Lipinski definition) is 0. The zero-order chi connectivity index (χ0) is 15.4. The van der Waals surface area contributed by atoms with Gasteiger partial charge in [0.25, 0.3) is 5.69 Å². The molecule has 0 aliphatic carbocycles. The van der Waals surface area contributed by atoms with Gasteiger partial charge in [0.05, 0.1) is 10.5 Å². The zero-order valence-electron chi connectivity index (χ0n) is 10.6. The maximum Gasteiger partial charge on any atom is 0.339 e. The van der Waals surface area contributed by atoms with E-state index in [1.165, 1.54) is 18.2 Å². The molecule has 0 radical (unpaired) electrons. The van der Waals surface area contributed by atoms with E-state index in [2.05, 4.69) is 15.9 Å². The molecule has 2 aromatic carbocycles. The van der Waals surface area contributed by atoms with Gasteiger partial charge in [-0.05, 0) is 46.4 Å². The molecular weight excluding hydrogens is 453 g/mol. The lowest BCUT2D eigenvalue weighted by molar-refractivity contribution is -0.384. The third kappa shape index (κ3) is 4.24. The number of rotatable bonds is 4. The number of halogens is 2. The molecule has 108 valence electrons. The number of benzene rings is 2. The first-order chi connectivity index (χ1) is 9.97. The molecule has 0 aromatic heterocycles. The highest BCUT2D eigenvalue weighted by Crippen LogP contribution is 2.21. The average molecular weight is 462 g/mol. The highest BCUT2D eigenvalue weighted by atomic mass is 127. The normalized spacial score (nSPS) is 10.2. The van der Waals surface area contributed by atoms with Gasteiger partial charge in [0.2, 0.25) is 0 Å². The van der Waals surface area contributed by atoms with Gasteiger partial charge in [-0.2, -0.15) is 0 Å². The molecule has 0 saturated heterocycles. The standard InChI is InChI=1S/C14H9BrINO4/c15-10-3-1-2-9(6-10)8-21-14(18)12-7-11(17(19)20)4-5-13(12)16/h1-7H,8H2. The number of esters is 1. The van der Waals surface area contributed by atoms with Gasteiger partial charge in [0.15, 0.2) is 0 Å². The molecule has 0 aliphatic rings. The van der Waals surface area contributed by atoms with Gasteiger partial charge in [0.1, 0.15) is 6.61 Å². The smallest absolute Gasteiger partial charge is 0.339 e. The maximum absolute atomic E-state index is 12.0. The van der Waals surface area contributed by atoms with Crippen molar-refractivity contribution >= 4 is 50.2 Å². The summed E-state index contributed by atoms with van der Waals surface area (Å²) < 4.78 is 6.70. The summed E-state index contributed by atoms with van der Waals surface area (Å²) in [6.45, 7) is 0.108. The van der Waals surface area contributed by atoms with E-state index in [1.807, 2.05) is 46.9 Å². The predicted molar refractivity (Wildman–Crippen MR) is 89.1 cm³/mol. The molecule has 0 N–H and O–H groups in total. The van der Waals surface area contributed by atoms with E-state index in [1.54, 1.807) is 0 Å². The van der Waals surface area contributed by atoms with E-state index in [-0.39, 0.29) is 17.9 Å². The highest BCUT2D eigenvalue weighted by molar-refractivity contribution is 14.1. The highest BCUT2D eigenvalue weighted by Gasteiger charge is 2.16. The fourth-order valence-electron chi connectivity index (χ4n) is 1.64. The monoisotopic (exact) mass is 461 g/mol. The molecule has 2 aromatic rings. The van der Waals surface area contributed by atoms with Crippen LogP contribution in [-0.2, 0) is 11.3 Å². The van der Waals surface area contributed by atoms with Crippen LogP contribution in [0, 0.1) is 13.7 Å². The molecule has 0 spiro atoms. The SMILES string of the molecule is O=C(OCc1cccc(Br)c1)c1cc([N+](=O)[O-])ccc1I. The number of ether oxygens (including phenoxy) is 1. The molecule has 0 bridgehead atoms. The Morgan fingerprint density at radius 2 is 2.05 bits per heavy atom. The van der Waals surface area contributed by atoms with E-state index in [0.717, 1.165) is 10.0 Å². The number of non-ortho nitro benzene ring substituents is 1. The maximum atomic E-state index is 12.0. The van der Waals surface area contributed by atoms with Gasteiger partial charge < -0.3 is 4.74 Å². The molecule has 0 fully saturated rings. The van der Waals surface area contributed by atoms with Crippen molar-refractivity contribution in [3.05, 3.63) is 71.7 Å². The Labute approximate surface area is 142 Å². The lowest BCUT2D eigenvalue weighted by atomic mass is 10.2. The average Bonchev–Trinajstić information content (AvgIpc) is 2.45. The van der Waals surface area contributed by atoms with Crippen LogP contribution in [0.2, 0.25) is 0 Å². The summed E-state index contributed by atoms with van der Waals surface area (Å²) in [7, 11) is 0. The van der Waals surface area contributed by atoms with E-state index in [4.69, 9.17) is 4.74 Å². The van der Waals surface area contributed by atoms with Crippen molar-refractivity contribution in [2.24, 2.45) is 0 Å². The summed E-state index contributed by atoms with van der Waals surface area (Å²) >= 11 is 5.28. The van der Waals surface area contributed by atoms with Gasteiger partial charge >= 0.3 is 5.97 Å². The Hall–Kier alpha value is -1.48. The Kier molecular flexibility index (Phi) is 5.29. The van der Waals surface area contributed by atoms with Crippen molar-refractivity contribution in [3.8, 4) is 0 Å². The number of nitro groups is 1. The van der Waals surface area contributed by atoms with Gasteiger partial charge in [-0.15, -0.1) is 0 Å². The number of hydrogen-bond acceptors (Lipinski definition) is 4. The molecule has 0 atom stereocenters. The number of carbonyl (C=O) groups is 1. The molecule has 7 heteroatoms. The second-order valence-corrected chi connectivity index (χ2v) is 6.21. The topological polar surface area (TPSA) is 69.4 Å². The number of nitrogens with zero attached hydrogens (tertiary/aromatic N) is 1. The van der Waals surface area contributed by atoms with Crippen LogP contribution < -0.4 is 0 Å². The number of nitro benzene ring substituents is 1. The minimum Gasteiger partial charge on any atom is -0.457 e. The Morgan fingerprint density at radius 3 is 2.71 bits per heavy atom. The molecule has 0 aliphatic heterocycles. The van der Waals surface area contributed by atoms with Gasteiger partial charge in [0, 0.05) is 20.2 Å². The van der Waals surface area contributed by atoms with Crippen molar-refractivity contribution in [1.29, 1.82) is 0 Å². The molecule has 0 amide bonds. The fraction of sp³-hybridized carbons (Fsp3) is 0.0714. The van der Waals surface area contributed by atoms with Crippen LogP contribution in [0.1, 0.15) is 15.9 Å². The fourth-order valence-corrected chi connectivity index (χ4v) is 2.64. The number of carbonyl (C=O) groups excluding carboxylic acids is 1. The lowest BCUT2D eigenvalue weighted by Gasteiger charge is -2.07. The van der Waals surface area contributed by atoms with E-state index in [9.17, 15) is 14.9 Å². The first-order valence-electron chi connectivity index (χ1n) is 5.83. The summed E-state index contributed by atoms with van der Waals surface area (Å²) in [6, 6.07) is 11.5. The molecule has 0 unspecified atom stereocenters. The summed E-state index contributed by atoms with van der Waals surface area (Å²) in [5, 5.41) is 10.7. The summed E-state index contributed by atoms with van der Waals surface area (Å²) in [5.41, 5.74) is 0.891. The Bertz CT molecular complexity index is 705. The van der Waals surface area contributed by atoms with Gasteiger partial charge in [-0.25, -0.2) is 4.79 Å². The van der Waals surface area contributed by atoms with Crippen LogP contribution in [0.15, 0.2) is 46.9 Å². The van der Waals surface area contributed by atoms with E-state index < -0.39 is 10.9 Å². The van der Waals surface area contributed by atoms with E-state index >= 15 is 0 Å². The van der Waals surface area contributed by atoms with Crippen LogP contribution in [0.5, 0.6) is 0 Å². The summed E-state index contributed by atoms with van der Waals surface area (Å²) in [5.74, 6) is -0.580. The van der Waals surface area contributed by atoms with Crippen molar-refractivity contribution in [3.63, 3.8) is 0 Å². The van der Waals surface area contributed by atoms with Crippen LogP contribution in [0.25, 0.3) is 0 Å². The zero-order valence-corrected chi connectivity index (χ0v) is 14.3. The van der Waals surface area contributed by atoms with Crippen LogP contribution >= 0.6 is 38.5 Å². The second-order valence-electron chi connectivity index (χ2n) is 4.13. The molecule has 2 rings (SSSR count). The van der Waals surface area contributed by atoms with Crippen molar-refractivity contribution in [2.75, 3.05) is 0 Å². The van der Waals surface area contributed by atoms with Crippen LogP contribution in [0.4, 0.5) is 5.69 Å². The molecule has 0 saturated carbocycles. The minimum atomic E-state index is -0.580. The molecule has 5 nitrogen and oxygen atoms in total. The third-order valence-corrected chi connectivity index (χ3v) is 4.07. The first-order valence-corrected chi connectivity index (χ1v) is 7.70. The minimum absolute atomic E-state index is 0.108. The van der Waals surface area contributed by atoms with Crippen molar-refractivity contribution in [2.45, 2.75) is 6.61 Å². The van der Waals surface area contributed by atoms with Crippen molar-refractivity contribution < 1.29 is 14.5 Å². The Morgan fingerprint density at radius 1 is 1.29 bits per heavy atom.